The highest BCUT2D eigenvalue weighted by atomic mass is 16.4. The summed E-state index contributed by atoms with van der Waals surface area (Å²) in [5.41, 5.74) is 0. The van der Waals surface area contributed by atoms with Gasteiger partial charge in [-0.3, -0.25) is 9.59 Å². The third-order valence-corrected chi connectivity index (χ3v) is 5.98. The van der Waals surface area contributed by atoms with Gasteiger partial charge in [0.25, 0.3) is 0 Å². The van der Waals surface area contributed by atoms with E-state index in [1.807, 2.05) is 6.92 Å². The minimum Gasteiger partial charge on any atom is -0.481 e. The molecule has 3 fully saturated rings. The summed E-state index contributed by atoms with van der Waals surface area (Å²) in [5, 5.41) is 12.3. The van der Waals surface area contributed by atoms with Crippen LogP contribution in [0.4, 0.5) is 4.79 Å². The monoisotopic (exact) mass is 351 g/mol. The summed E-state index contributed by atoms with van der Waals surface area (Å²) in [4.78, 5) is 40.0. The number of nitrogens with one attached hydrogen (secondary N) is 1. The number of carboxylic acid groups (broad SMARTS) is 1. The Labute approximate surface area is 148 Å². The lowest BCUT2D eigenvalue weighted by Gasteiger charge is -2.34. The molecule has 3 rings (SSSR count). The fourth-order valence-electron chi connectivity index (χ4n) is 4.43. The van der Waals surface area contributed by atoms with Crippen LogP contribution >= 0.6 is 0 Å². The number of rotatable bonds is 3. The largest absolute Gasteiger partial charge is 0.481 e. The Bertz CT molecular complexity index is 532. The molecule has 3 atom stereocenters. The molecule has 2 N–H and O–H groups in total. The van der Waals surface area contributed by atoms with Crippen molar-refractivity contribution in [2.24, 2.45) is 17.8 Å². The molecule has 1 unspecified atom stereocenters. The molecule has 3 amide bonds. The van der Waals surface area contributed by atoms with Crippen LogP contribution in [0.5, 0.6) is 0 Å². The standard InChI is InChI=1S/C18H29N3O4/c1-12-9-21(11-15(12)17(23)24)16(22)13-5-4-8-20(10-13)18(25)19-14-6-2-3-7-14/h12-15H,2-11H2,1H3,(H,19,25)(H,23,24)/t12-,13?,15-/m1/s1. The van der Waals surface area contributed by atoms with Crippen LogP contribution in [-0.2, 0) is 9.59 Å². The van der Waals surface area contributed by atoms with Crippen molar-refractivity contribution >= 4 is 17.9 Å². The fraction of sp³-hybridized carbons (Fsp3) is 0.833. The molecule has 2 aliphatic heterocycles. The average molecular weight is 351 g/mol. The van der Waals surface area contributed by atoms with Crippen molar-refractivity contribution in [1.29, 1.82) is 0 Å². The van der Waals surface area contributed by atoms with Gasteiger partial charge in [0.15, 0.2) is 0 Å². The van der Waals surface area contributed by atoms with E-state index in [1.54, 1.807) is 9.80 Å². The van der Waals surface area contributed by atoms with Crippen LogP contribution in [-0.4, -0.2) is 65.0 Å². The minimum absolute atomic E-state index is 0.00830. The zero-order valence-electron chi connectivity index (χ0n) is 14.9. The van der Waals surface area contributed by atoms with E-state index in [2.05, 4.69) is 5.32 Å². The van der Waals surface area contributed by atoms with Gasteiger partial charge in [-0.05, 0) is 31.6 Å². The highest BCUT2D eigenvalue weighted by molar-refractivity contribution is 5.82. The van der Waals surface area contributed by atoms with Crippen LogP contribution in [0.1, 0.15) is 45.4 Å². The van der Waals surface area contributed by atoms with Crippen LogP contribution in [0.25, 0.3) is 0 Å². The van der Waals surface area contributed by atoms with Crippen molar-refractivity contribution in [1.82, 2.24) is 15.1 Å². The summed E-state index contributed by atoms with van der Waals surface area (Å²) in [6.45, 7) is 3.81. The molecule has 0 radical (unpaired) electrons. The van der Waals surface area contributed by atoms with E-state index in [0.717, 1.165) is 25.7 Å². The molecule has 7 heteroatoms. The summed E-state index contributed by atoms with van der Waals surface area (Å²) in [5.74, 6) is -1.53. The van der Waals surface area contributed by atoms with Crippen LogP contribution in [0.15, 0.2) is 0 Å². The first-order valence-electron chi connectivity index (χ1n) is 9.52. The third-order valence-electron chi connectivity index (χ3n) is 5.98. The van der Waals surface area contributed by atoms with E-state index in [4.69, 9.17) is 0 Å². The predicted octanol–water partition coefficient (Wildman–Crippen LogP) is 1.53. The summed E-state index contributed by atoms with van der Waals surface area (Å²) >= 11 is 0. The van der Waals surface area contributed by atoms with Gasteiger partial charge in [0.2, 0.25) is 5.91 Å². The summed E-state index contributed by atoms with van der Waals surface area (Å²) in [7, 11) is 0. The van der Waals surface area contributed by atoms with E-state index < -0.39 is 11.9 Å². The first-order chi connectivity index (χ1) is 12.0. The van der Waals surface area contributed by atoms with E-state index in [9.17, 15) is 19.5 Å². The molecule has 3 aliphatic rings. The molecular formula is C18H29N3O4. The molecule has 7 nitrogen and oxygen atoms in total. The molecule has 0 aromatic carbocycles. The number of nitrogens with zero attached hydrogens (tertiary/aromatic N) is 2. The fourth-order valence-corrected chi connectivity index (χ4v) is 4.43. The molecule has 0 aromatic rings. The maximum Gasteiger partial charge on any atom is 0.317 e. The third kappa shape index (κ3) is 4.07. The molecule has 1 aliphatic carbocycles. The number of likely N-dealkylation sites (tertiary alicyclic amines) is 2. The number of aliphatic carboxylic acids is 1. The highest BCUT2D eigenvalue weighted by Gasteiger charge is 2.40. The lowest BCUT2D eigenvalue weighted by molar-refractivity contribution is -0.142. The van der Waals surface area contributed by atoms with E-state index in [1.165, 1.54) is 12.8 Å². The number of carbonyl (C=O) groups is 3. The van der Waals surface area contributed by atoms with E-state index in [0.29, 0.717) is 26.2 Å². The zero-order chi connectivity index (χ0) is 18.0. The zero-order valence-corrected chi connectivity index (χ0v) is 14.9. The molecule has 0 bridgehead atoms. The predicted molar refractivity (Wildman–Crippen MR) is 92.0 cm³/mol. The summed E-state index contributed by atoms with van der Waals surface area (Å²) in [6, 6.07) is 0.224. The summed E-state index contributed by atoms with van der Waals surface area (Å²) in [6.07, 6.45) is 6.02. The van der Waals surface area contributed by atoms with Gasteiger partial charge in [-0.25, -0.2) is 4.79 Å². The topological polar surface area (TPSA) is 90.0 Å². The number of carbonyl (C=O) groups excluding carboxylic acids is 2. The molecule has 2 heterocycles. The second kappa shape index (κ2) is 7.62. The van der Waals surface area contributed by atoms with Gasteiger partial charge >= 0.3 is 12.0 Å². The van der Waals surface area contributed by atoms with Gasteiger partial charge in [0, 0.05) is 32.2 Å². The van der Waals surface area contributed by atoms with Gasteiger partial charge < -0.3 is 20.2 Å². The molecule has 0 aromatic heterocycles. The lowest BCUT2D eigenvalue weighted by atomic mass is 9.96. The van der Waals surface area contributed by atoms with E-state index in [-0.39, 0.29) is 29.8 Å². The maximum absolute atomic E-state index is 12.8. The average Bonchev–Trinajstić information content (AvgIpc) is 3.23. The van der Waals surface area contributed by atoms with E-state index >= 15 is 0 Å². The normalized spacial score (nSPS) is 30.5. The highest BCUT2D eigenvalue weighted by Crippen LogP contribution is 2.27. The summed E-state index contributed by atoms with van der Waals surface area (Å²) < 4.78 is 0. The van der Waals surface area contributed by atoms with Crippen molar-refractivity contribution in [2.45, 2.75) is 51.5 Å². The number of hydrogen-bond acceptors (Lipinski definition) is 3. The minimum atomic E-state index is -0.830. The lowest BCUT2D eigenvalue weighted by Crippen LogP contribution is -2.51. The Morgan fingerprint density at radius 1 is 0.960 bits per heavy atom. The van der Waals surface area contributed by atoms with Gasteiger partial charge in [-0.15, -0.1) is 0 Å². The Kier molecular flexibility index (Phi) is 5.49. The van der Waals surface area contributed by atoms with Gasteiger partial charge in [0.05, 0.1) is 11.8 Å². The van der Waals surface area contributed by atoms with Crippen LogP contribution in [0.2, 0.25) is 0 Å². The molecule has 140 valence electrons. The quantitative estimate of drug-likeness (QED) is 0.807. The van der Waals surface area contributed by atoms with Crippen LogP contribution < -0.4 is 5.32 Å². The molecule has 2 saturated heterocycles. The second-order valence-electron chi connectivity index (χ2n) is 7.88. The van der Waals surface area contributed by atoms with Crippen LogP contribution in [0.3, 0.4) is 0 Å². The van der Waals surface area contributed by atoms with Crippen molar-refractivity contribution in [3.05, 3.63) is 0 Å². The number of carboxylic acids is 1. The number of amides is 3. The molecular weight excluding hydrogens is 322 g/mol. The smallest absolute Gasteiger partial charge is 0.317 e. The van der Waals surface area contributed by atoms with Crippen molar-refractivity contribution in [3.63, 3.8) is 0 Å². The van der Waals surface area contributed by atoms with Gasteiger partial charge in [0.1, 0.15) is 0 Å². The maximum atomic E-state index is 12.8. The van der Waals surface area contributed by atoms with Crippen molar-refractivity contribution < 1.29 is 19.5 Å². The van der Waals surface area contributed by atoms with Crippen molar-refractivity contribution in [2.75, 3.05) is 26.2 Å². The Morgan fingerprint density at radius 2 is 1.68 bits per heavy atom. The van der Waals surface area contributed by atoms with Crippen molar-refractivity contribution in [3.8, 4) is 0 Å². The Hall–Kier alpha value is -1.79. The van der Waals surface area contributed by atoms with Gasteiger partial charge in [-0.2, -0.15) is 0 Å². The first kappa shape index (κ1) is 18.0. The number of hydrogen-bond donors (Lipinski definition) is 2. The Morgan fingerprint density at radius 3 is 2.32 bits per heavy atom. The molecule has 1 saturated carbocycles. The molecule has 25 heavy (non-hydrogen) atoms. The second-order valence-corrected chi connectivity index (χ2v) is 7.88. The van der Waals surface area contributed by atoms with Gasteiger partial charge in [-0.1, -0.05) is 19.8 Å². The number of piperidine rings is 1. The SMILES string of the molecule is C[C@@H]1CN(C(=O)C2CCCN(C(=O)NC3CCCC3)C2)C[C@H]1C(=O)O. The van der Waals surface area contributed by atoms with Crippen LogP contribution in [0, 0.1) is 17.8 Å². The molecule has 0 spiro atoms. The number of urea groups is 1. The Balaban J connectivity index is 1.54. The first-order valence-corrected chi connectivity index (χ1v) is 9.52.